The third kappa shape index (κ3) is 9.55. The first-order valence-electron chi connectivity index (χ1n) is 12.6. The fraction of sp³-hybridized carbons (Fsp3) is 0.444. The standard InChI is InChI=1S/C27H34N4O6/c32-24(15-14-20-10-4-5-16-28-20)30-23(25(33)31-22-12-6-11-21(22)26(34)35)13-7-17-29-27(36)37-18-19-8-2-1-3-9-19/h1-5,8-10,16,21-23H,6-7,11-15,17-18H2,(H,29,36)(H,30,32)(H,31,33)(H,34,35)/t21-,22+,23+/m1/s1. The minimum absolute atomic E-state index is 0.149. The van der Waals surface area contributed by atoms with E-state index in [1.54, 1.807) is 12.3 Å². The molecule has 2 aromatic rings. The van der Waals surface area contributed by atoms with Crippen molar-refractivity contribution in [1.29, 1.82) is 0 Å². The van der Waals surface area contributed by atoms with Crippen molar-refractivity contribution in [1.82, 2.24) is 20.9 Å². The van der Waals surface area contributed by atoms with Gasteiger partial charge < -0.3 is 25.8 Å². The maximum absolute atomic E-state index is 13.0. The molecule has 0 saturated heterocycles. The molecule has 1 aliphatic rings. The van der Waals surface area contributed by atoms with Crippen molar-refractivity contribution in [2.24, 2.45) is 5.92 Å². The Hall–Kier alpha value is -3.95. The summed E-state index contributed by atoms with van der Waals surface area (Å²) in [7, 11) is 0. The van der Waals surface area contributed by atoms with Crippen molar-refractivity contribution in [3.05, 3.63) is 66.0 Å². The molecule has 0 aliphatic heterocycles. The summed E-state index contributed by atoms with van der Waals surface area (Å²) in [6.07, 6.45) is 4.16. The van der Waals surface area contributed by atoms with Crippen LogP contribution in [0.5, 0.6) is 0 Å². The zero-order valence-corrected chi connectivity index (χ0v) is 20.7. The van der Waals surface area contributed by atoms with Crippen LogP contribution in [-0.4, -0.2) is 52.6 Å². The second-order valence-corrected chi connectivity index (χ2v) is 9.06. The molecule has 3 atom stereocenters. The highest BCUT2D eigenvalue weighted by atomic mass is 16.5. The van der Waals surface area contributed by atoms with Crippen molar-refractivity contribution in [3.63, 3.8) is 0 Å². The number of pyridine rings is 1. The summed E-state index contributed by atoms with van der Waals surface area (Å²) >= 11 is 0. The van der Waals surface area contributed by atoms with Crippen LogP contribution in [0.4, 0.5) is 4.79 Å². The van der Waals surface area contributed by atoms with Crippen LogP contribution in [0.25, 0.3) is 0 Å². The number of hydrogen-bond donors (Lipinski definition) is 4. The van der Waals surface area contributed by atoms with Crippen LogP contribution >= 0.6 is 0 Å². The first kappa shape index (κ1) is 27.6. The predicted molar refractivity (Wildman–Crippen MR) is 135 cm³/mol. The lowest BCUT2D eigenvalue weighted by molar-refractivity contribution is -0.142. The molecule has 4 N–H and O–H groups in total. The molecular formula is C27H34N4O6. The second-order valence-electron chi connectivity index (χ2n) is 9.06. The first-order valence-corrected chi connectivity index (χ1v) is 12.6. The average molecular weight is 511 g/mol. The smallest absolute Gasteiger partial charge is 0.407 e. The number of ether oxygens (including phenoxy) is 1. The molecule has 10 nitrogen and oxygen atoms in total. The fourth-order valence-electron chi connectivity index (χ4n) is 4.31. The number of nitrogens with zero attached hydrogens (tertiary/aromatic N) is 1. The van der Waals surface area contributed by atoms with E-state index in [9.17, 15) is 24.3 Å². The van der Waals surface area contributed by atoms with Crippen molar-refractivity contribution in [3.8, 4) is 0 Å². The second kappa shape index (κ2) is 14.6. The Bertz CT molecular complexity index is 1030. The van der Waals surface area contributed by atoms with E-state index in [1.807, 2.05) is 42.5 Å². The number of nitrogens with one attached hydrogen (secondary N) is 3. The quantitative estimate of drug-likeness (QED) is 0.303. The number of aliphatic carboxylic acids is 1. The van der Waals surface area contributed by atoms with Gasteiger partial charge in [-0.2, -0.15) is 0 Å². The molecule has 0 unspecified atom stereocenters. The topological polar surface area (TPSA) is 147 Å². The normalized spacial score (nSPS) is 17.4. The van der Waals surface area contributed by atoms with Gasteiger partial charge in [0.05, 0.1) is 5.92 Å². The molecule has 3 rings (SSSR count). The number of hydrogen-bond acceptors (Lipinski definition) is 6. The SMILES string of the molecule is O=C(CCc1ccccn1)N[C@@H](CCCNC(=O)OCc1ccccc1)C(=O)N[C@H]1CCC[C@H]1C(=O)O. The third-order valence-corrected chi connectivity index (χ3v) is 6.30. The van der Waals surface area contributed by atoms with Gasteiger partial charge in [-0.05, 0) is 49.8 Å². The Morgan fingerprint density at radius 2 is 1.84 bits per heavy atom. The highest BCUT2D eigenvalue weighted by Crippen LogP contribution is 2.26. The van der Waals surface area contributed by atoms with Gasteiger partial charge in [-0.3, -0.25) is 19.4 Å². The zero-order chi connectivity index (χ0) is 26.5. The summed E-state index contributed by atoms with van der Waals surface area (Å²) in [6.45, 7) is 0.401. The zero-order valence-electron chi connectivity index (χ0n) is 20.7. The maximum Gasteiger partial charge on any atom is 0.407 e. The fourth-order valence-corrected chi connectivity index (χ4v) is 4.31. The van der Waals surface area contributed by atoms with E-state index in [-0.39, 0.29) is 31.9 Å². The number of benzene rings is 1. The Kier molecular flexibility index (Phi) is 10.9. The average Bonchev–Trinajstić information content (AvgIpc) is 3.37. The lowest BCUT2D eigenvalue weighted by Crippen LogP contribution is -2.51. The van der Waals surface area contributed by atoms with Gasteiger partial charge in [0, 0.05) is 30.9 Å². The van der Waals surface area contributed by atoms with E-state index < -0.39 is 36.0 Å². The van der Waals surface area contributed by atoms with Crippen molar-refractivity contribution >= 4 is 23.9 Å². The van der Waals surface area contributed by atoms with Gasteiger partial charge in [0.1, 0.15) is 12.6 Å². The van der Waals surface area contributed by atoms with Gasteiger partial charge >= 0.3 is 12.1 Å². The van der Waals surface area contributed by atoms with Gasteiger partial charge in [0.2, 0.25) is 11.8 Å². The number of alkyl carbamates (subject to hydrolysis) is 1. The molecule has 10 heteroatoms. The molecule has 0 radical (unpaired) electrons. The molecule has 1 heterocycles. The van der Waals surface area contributed by atoms with Crippen LogP contribution in [0.15, 0.2) is 54.7 Å². The number of carbonyl (C=O) groups is 4. The number of aromatic nitrogens is 1. The first-order chi connectivity index (χ1) is 17.9. The minimum Gasteiger partial charge on any atom is -0.481 e. The summed E-state index contributed by atoms with van der Waals surface area (Å²) in [5.41, 5.74) is 1.64. The number of aryl methyl sites for hydroxylation is 1. The van der Waals surface area contributed by atoms with E-state index in [1.165, 1.54) is 0 Å². The van der Waals surface area contributed by atoms with E-state index in [2.05, 4.69) is 20.9 Å². The Balaban J connectivity index is 1.49. The van der Waals surface area contributed by atoms with Gasteiger partial charge in [0.25, 0.3) is 0 Å². The predicted octanol–water partition coefficient (Wildman–Crippen LogP) is 2.58. The molecule has 3 amide bonds. The molecule has 0 bridgehead atoms. The molecule has 198 valence electrons. The van der Waals surface area contributed by atoms with Crippen LogP contribution in [0.1, 0.15) is 49.8 Å². The third-order valence-electron chi connectivity index (χ3n) is 6.30. The van der Waals surface area contributed by atoms with Gasteiger partial charge in [-0.25, -0.2) is 4.79 Å². The largest absolute Gasteiger partial charge is 0.481 e. The monoisotopic (exact) mass is 510 g/mol. The number of carboxylic acid groups (broad SMARTS) is 1. The molecule has 37 heavy (non-hydrogen) atoms. The summed E-state index contributed by atoms with van der Waals surface area (Å²) in [5.74, 6) is -2.29. The van der Waals surface area contributed by atoms with E-state index in [0.29, 0.717) is 25.7 Å². The summed E-state index contributed by atoms with van der Waals surface area (Å²) < 4.78 is 5.18. The van der Waals surface area contributed by atoms with E-state index in [0.717, 1.165) is 17.7 Å². The van der Waals surface area contributed by atoms with Crippen molar-refractivity contribution in [2.45, 2.75) is 63.6 Å². The highest BCUT2D eigenvalue weighted by Gasteiger charge is 2.35. The molecule has 1 aromatic carbocycles. The summed E-state index contributed by atoms with van der Waals surface area (Å²) in [5, 5.41) is 17.7. The number of rotatable bonds is 13. The minimum atomic E-state index is -0.933. The number of carbonyl (C=O) groups excluding carboxylic acids is 3. The van der Waals surface area contributed by atoms with Crippen LogP contribution in [-0.2, 0) is 32.1 Å². The van der Waals surface area contributed by atoms with Gasteiger partial charge in [0.15, 0.2) is 0 Å². The Morgan fingerprint density at radius 1 is 1.05 bits per heavy atom. The summed E-state index contributed by atoms with van der Waals surface area (Å²) in [4.78, 5) is 53.3. The van der Waals surface area contributed by atoms with Crippen molar-refractivity contribution in [2.75, 3.05) is 6.54 Å². The lowest BCUT2D eigenvalue weighted by atomic mass is 10.0. The van der Waals surface area contributed by atoms with Crippen LogP contribution in [0.3, 0.4) is 0 Å². The Labute approximate surface area is 216 Å². The molecule has 1 saturated carbocycles. The summed E-state index contributed by atoms with van der Waals surface area (Å²) in [6, 6.07) is 13.4. The van der Waals surface area contributed by atoms with Crippen LogP contribution in [0, 0.1) is 5.92 Å². The van der Waals surface area contributed by atoms with E-state index in [4.69, 9.17) is 4.74 Å². The highest BCUT2D eigenvalue weighted by molar-refractivity contribution is 5.88. The van der Waals surface area contributed by atoms with Crippen molar-refractivity contribution < 1.29 is 29.0 Å². The van der Waals surface area contributed by atoms with E-state index >= 15 is 0 Å². The number of carboxylic acids is 1. The molecule has 1 aromatic heterocycles. The van der Waals surface area contributed by atoms with Gasteiger partial charge in [-0.1, -0.05) is 42.8 Å². The molecule has 1 fully saturated rings. The number of amides is 3. The molecule has 1 aliphatic carbocycles. The Morgan fingerprint density at radius 3 is 2.57 bits per heavy atom. The van der Waals surface area contributed by atoms with Gasteiger partial charge in [-0.15, -0.1) is 0 Å². The lowest BCUT2D eigenvalue weighted by Gasteiger charge is -2.23. The molecular weight excluding hydrogens is 476 g/mol. The molecule has 0 spiro atoms. The van der Waals surface area contributed by atoms with Crippen LogP contribution < -0.4 is 16.0 Å². The van der Waals surface area contributed by atoms with Crippen LogP contribution in [0.2, 0.25) is 0 Å². The maximum atomic E-state index is 13.0.